The number of aromatic nitrogens is 4. The fourth-order valence-corrected chi connectivity index (χ4v) is 3.52. The van der Waals surface area contributed by atoms with Crippen molar-refractivity contribution >= 4 is 5.82 Å². The lowest BCUT2D eigenvalue weighted by molar-refractivity contribution is 0.185. The normalized spacial score (nSPS) is 15.6. The first-order chi connectivity index (χ1) is 13.7. The van der Waals surface area contributed by atoms with Crippen molar-refractivity contribution in [3.05, 3.63) is 65.5 Å². The summed E-state index contributed by atoms with van der Waals surface area (Å²) in [5, 5.41) is 16.2. The van der Waals surface area contributed by atoms with Gasteiger partial charge in [-0.2, -0.15) is 5.10 Å². The maximum atomic E-state index is 4.35. The maximum Gasteiger partial charge on any atom is 0.175 e. The number of likely N-dealkylation sites (tertiary alicyclic amines) is 1. The number of hydrogen-bond acceptors (Lipinski definition) is 5. The van der Waals surface area contributed by atoms with Gasteiger partial charge in [0.2, 0.25) is 0 Å². The molecule has 0 amide bonds. The van der Waals surface area contributed by atoms with Crippen molar-refractivity contribution in [3.8, 4) is 5.82 Å². The molecule has 1 aliphatic rings. The third-order valence-corrected chi connectivity index (χ3v) is 5.39. The predicted molar refractivity (Wildman–Crippen MR) is 111 cm³/mol. The van der Waals surface area contributed by atoms with Gasteiger partial charge in [-0.3, -0.25) is 4.90 Å². The van der Waals surface area contributed by atoms with E-state index in [2.05, 4.69) is 56.7 Å². The number of nitrogens with one attached hydrogen (secondary N) is 1. The molecule has 1 aromatic carbocycles. The Labute approximate surface area is 166 Å². The predicted octanol–water partition coefficient (Wildman–Crippen LogP) is 3.81. The molecule has 3 aromatic rings. The van der Waals surface area contributed by atoms with Gasteiger partial charge in [-0.1, -0.05) is 31.2 Å². The Morgan fingerprint density at radius 2 is 1.71 bits per heavy atom. The van der Waals surface area contributed by atoms with Crippen LogP contribution in [0, 0.1) is 12.8 Å². The lowest BCUT2D eigenvalue weighted by Crippen LogP contribution is -2.32. The largest absolute Gasteiger partial charge is 0.365 e. The Morgan fingerprint density at radius 3 is 2.36 bits per heavy atom. The van der Waals surface area contributed by atoms with Crippen LogP contribution in [0.2, 0.25) is 0 Å². The van der Waals surface area contributed by atoms with Gasteiger partial charge in [-0.05, 0) is 68.1 Å². The van der Waals surface area contributed by atoms with Gasteiger partial charge in [0, 0.05) is 19.3 Å². The molecule has 3 heterocycles. The number of anilines is 1. The van der Waals surface area contributed by atoms with Gasteiger partial charge in [-0.25, -0.2) is 4.68 Å². The van der Waals surface area contributed by atoms with Crippen molar-refractivity contribution in [3.63, 3.8) is 0 Å². The van der Waals surface area contributed by atoms with E-state index in [1.54, 1.807) is 4.68 Å². The number of nitrogens with zero attached hydrogens (tertiary/aromatic N) is 5. The zero-order chi connectivity index (χ0) is 19.3. The quantitative estimate of drug-likeness (QED) is 0.709. The monoisotopic (exact) mass is 376 g/mol. The third-order valence-electron chi connectivity index (χ3n) is 5.39. The van der Waals surface area contributed by atoms with Crippen LogP contribution >= 0.6 is 0 Å². The Bertz CT molecular complexity index is 876. The second kappa shape index (κ2) is 8.52. The molecule has 0 atom stereocenters. The molecule has 1 fully saturated rings. The minimum Gasteiger partial charge on any atom is -0.365 e. The summed E-state index contributed by atoms with van der Waals surface area (Å²) in [7, 11) is 0. The number of rotatable bonds is 6. The smallest absolute Gasteiger partial charge is 0.175 e. The SMILES string of the molecule is Cc1ccn(-c2ccc(NCc3ccc(CN4CCC(C)CC4)cc3)nn2)n1. The Morgan fingerprint density at radius 1 is 0.964 bits per heavy atom. The Balaban J connectivity index is 1.29. The lowest BCUT2D eigenvalue weighted by atomic mass is 9.99. The van der Waals surface area contributed by atoms with Gasteiger partial charge in [0.05, 0.1) is 5.69 Å². The standard InChI is InChI=1S/C22H28N6/c1-17-9-12-27(13-10-17)16-20-5-3-19(4-6-20)15-23-21-7-8-22(25-24-21)28-14-11-18(2)26-28/h3-8,11,14,17H,9-10,12-13,15-16H2,1-2H3,(H,23,24). The summed E-state index contributed by atoms with van der Waals surface area (Å²) < 4.78 is 1.73. The van der Waals surface area contributed by atoms with Crippen LogP contribution in [0.1, 0.15) is 36.6 Å². The molecule has 0 saturated carbocycles. The Kier molecular flexibility index (Phi) is 5.67. The fraction of sp³-hybridized carbons (Fsp3) is 0.409. The average Bonchev–Trinajstić information content (AvgIpc) is 3.16. The second-order valence-corrected chi connectivity index (χ2v) is 7.81. The zero-order valence-electron chi connectivity index (χ0n) is 16.7. The highest BCUT2D eigenvalue weighted by atomic mass is 15.3. The van der Waals surface area contributed by atoms with Gasteiger partial charge < -0.3 is 5.32 Å². The third kappa shape index (κ3) is 4.75. The van der Waals surface area contributed by atoms with Crippen molar-refractivity contribution in [1.82, 2.24) is 24.9 Å². The molecule has 1 aliphatic heterocycles. The average molecular weight is 377 g/mol. The van der Waals surface area contributed by atoms with Crippen LogP contribution in [0.25, 0.3) is 5.82 Å². The summed E-state index contributed by atoms with van der Waals surface area (Å²) in [6.07, 6.45) is 4.53. The summed E-state index contributed by atoms with van der Waals surface area (Å²) >= 11 is 0. The molecule has 0 spiro atoms. The summed E-state index contributed by atoms with van der Waals surface area (Å²) in [5.41, 5.74) is 3.59. The Hall–Kier alpha value is -2.73. The van der Waals surface area contributed by atoms with Gasteiger partial charge in [0.25, 0.3) is 0 Å². The summed E-state index contributed by atoms with van der Waals surface area (Å²) in [6, 6.07) is 14.7. The molecule has 0 bridgehead atoms. The molecular weight excluding hydrogens is 348 g/mol. The lowest BCUT2D eigenvalue weighted by Gasteiger charge is -2.30. The first-order valence-corrected chi connectivity index (χ1v) is 10.1. The van der Waals surface area contributed by atoms with E-state index in [0.29, 0.717) is 0 Å². The van der Waals surface area contributed by atoms with Crippen LogP contribution in [-0.4, -0.2) is 38.0 Å². The van der Waals surface area contributed by atoms with Crippen LogP contribution in [-0.2, 0) is 13.1 Å². The second-order valence-electron chi connectivity index (χ2n) is 7.81. The van der Waals surface area contributed by atoms with E-state index < -0.39 is 0 Å². The molecular formula is C22H28N6. The van der Waals surface area contributed by atoms with Crippen LogP contribution in [0.4, 0.5) is 5.82 Å². The van der Waals surface area contributed by atoms with Crippen molar-refractivity contribution in [2.24, 2.45) is 5.92 Å². The summed E-state index contributed by atoms with van der Waals surface area (Å²) in [6.45, 7) is 8.54. The van der Waals surface area contributed by atoms with Gasteiger partial charge >= 0.3 is 0 Å². The first-order valence-electron chi connectivity index (χ1n) is 10.1. The van der Waals surface area contributed by atoms with E-state index in [9.17, 15) is 0 Å². The minimum absolute atomic E-state index is 0.718. The van der Waals surface area contributed by atoms with Crippen molar-refractivity contribution in [2.45, 2.75) is 39.8 Å². The van der Waals surface area contributed by atoms with E-state index in [1.165, 1.54) is 37.1 Å². The minimum atomic E-state index is 0.718. The number of piperidine rings is 1. The van der Waals surface area contributed by atoms with Gasteiger partial charge in [0.1, 0.15) is 5.82 Å². The molecule has 0 radical (unpaired) electrons. The van der Waals surface area contributed by atoms with Crippen molar-refractivity contribution in [1.29, 1.82) is 0 Å². The van der Waals surface area contributed by atoms with E-state index in [1.807, 2.05) is 31.3 Å². The van der Waals surface area contributed by atoms with E-state index in [0.717, 1.165) is 36.3 Å². The van der Waals surface area contributed by atoms with Crippen LogP contribution in [0.15, 0.2) is 48.7 Å². The van der Waals surface area contributed by atoms with E-state index in [4.69, 9.17) is 0 Å². The van der Waals surface area contributed by atoms with Gasteiger partial charge in [0.15, 0.2) is 5.82 Å². The van der Waals surface area contributed by atoms with E-state index >= 15 is 0 Å². The molecule has 0 unspecified atom stereocenters. The summed E-state index contributed by atoms with van der Waals surface area (Å²) in [5.74, 6) is 2.36. The molecule has 1 saturated heterocycles. The first kappa shape index (κ1) is 18.6. The number of aryl methyl sites for hydroxylation is 1. The van der Waals surface area contributed by atoms with Crippen molar-refractivity contribution < 1.29 is 0 Å². The molecule has 2 aromatic heterocycles. The maximum absolute atomic E-state index is 4.35. The molecule has 6 heteroatoms. The topological polar surface area (TPSA) is 58.9 Å². The number of hydrogen-bond donors (Lipinski definition) is 1. The molecule has 6 nitrogen and oxygen atoms in total. The molecule has 4 rings (SSSR count). The summed E-state index contributed by atoms with van der Waals surface area (Å²) in [4.78, 5) is 2.56. The molecule has 0 aliphatic carbocycles. The highest BCUT2D eigenvalue weighted by Crippen LogP contribution is 2.18. The zero-order valence-corrected chi connectivity index (χ0v) is 16.7. The molecule has 1 N–H and O–H groups in total. The highest BCUT2D eigenvalue weighted by Gasteiger charge is 2.15. The molecule has 146 valence electrons. The van der Waals surface area contributed by atoms with Crippen LogP contribution in [0.5, 0.6) is 0 Å². The number of benzene rings is 1. The van der Waals surface area contributed by atoms with Gasteiger partial charge in [-0.15, -0.1) is 10.2 Å². The fourth-order valence-electron chi connectivity index (χ4n) is 3.52. The van der Waals surface area contributed by atoms with Crippen LogP contribution < -0.4 is 5.32 Å². The van der Waals surface area contributed by atoms with Crippen molar-refractivity contribution in [2.75, 3.05) is 18.4 Å². The van der Waals surface area contributed by atoms with Crippen LogP contribution in [0.3, 0.4) is 0 Å². The molecule has 28 heavy (non-hydrogen) atoms. The highest BCUT2D eigenvalue weighted by molar-refractivity contribution is 5.37. The van der Waals surface area contributed by atoms with E-state index in [-0.39, 0.29) is 0 Å².